The van der Waals surface area contributed by atoms with E-state index in [0.29, 0.717) is 43.6 Å². The highest BCUT2D eigenvalue weighted by atomic mass is 35.5. The third-order valence-electron chi connectivity index (χ3n) is 14.7. The average molecular weight is 1280 g/mol. The second-order valence-corrected chi connectivity index (χ2v) is 21.2. The summed E-state index contributed by atoms with van der Waals surface area (Å²) < 4.78 is 131. The number of halogens is 8. The molecule has 0 saturated carbocycles. The number of rotatable bonds is 22. The fourth-order valence-electron chi connectivity index (χ4n) is 10.1. The molecule has 0 amide bonds. The highest BCUT2D eigenvalue weighted by Gasteiger charge is 2.27. The molecule has 0 N–H and O–H groups in total. The van der Waals surface area contributed by atoms with Crippen LogP contribution in [-0.4, -0.2) is 98.4 Å². The molecule has 0 aliphatic heterocycles. The number of hydrogen-bond acceptors (Lipinski definition) is 15. The summed E-state index contributed by atoms with van der Waals surface area (Å²) in [6.07, 6.45) is 5.27. The van der Waals surface area contributed by atoms with Gasteiger partial charge in [-0.25, -0.2) is 65.2 Å². The van der Waals surface area contributed by atoms with E-state index in [4.69, 9.17) is 46.9 Å². The van der Waals surface area contributed by atoms with Gasteiger partial charge in [0.15, 0.2) is 23.3 Å². The third-order valence-corrected chi connectivity index (χ3v) is 15.4. The molecule has 6 heterocycles. The number of methoxy groups -OCH3 is 2. The maximum atomic E-state index is 16.2. The number of ether oxygens (including phenoxy) is 5. The number of carbonyl (C=O) groups is 2. The number of imidazole rings is 2. The number of aromatic nitrogens is 12. The van der Waals surface area contributed by atoms with E-state index in [0.717, 1.165) is 12.1 Å². The Morgan fingerprint density at radius 3 is 1.34 bits per heavy atom. The normalized spacial score (nSPS) is 11.5. The lowest BCUT2D eigenvalue weighted by atomic mass is 10.0. The summed E-state index contributed by atoms with van der Waals surface area (Å²) in [5.41, 5.74) is 1.02. The van der Waals surface area contributed by atoms with Crippen LogP contribution in [0.2, 0.25) is 10.0 Å². The number of esters is 2. The van der Waals surface area contributed by atoms with Crippen LogP contribution in [0.4, 0.5) is 26.3 Å². The van der Waals surface area contributed by atoms with E-state index < -0.39 is 81.9 Å². The van der Waals surface area contributed by atoms with Crippen LogP contribution in [0.3, 0.4) is 0 Å². The van der Waals surface area contributed by atoms with Gasteiger partial charge in [-0.3, -0.25) is 0 Å². The van der Waals surface area contributed by atoms with Crippen LogP contribution < -0.4 is 9.47 Å². The van der Waals surface area contributed by atoms with Gasteiger partial charge < -0.3 is 32.8 Å². The van der Waals surface area contributed by atoms with Gasteiger partial charge in [0.25, 0.3) is 0 Å². The maximum absolute atomic E-state index is 16.2. The topological polar surface area (TPSA) is 203 Å². The molecule has 91 heavy (non-hydrogen) atoms. The second-order valence-electron chi connectivity index (χ2n) is 20.4. The van der Waals surface area contributed by atoms with Crippen LogP contribution in [0.5, 0.6) is 11.8 Å². The lowest BCUT2D eigenvalue weighted by Gasteiger charge is -2.13. The summed E-state index contributed by atoms with van der Waals surface area (Å²) >= 11 is 13.0. The zero-order valence-corrected chi connectivity index (χ0v) is 49.3. The van der Waals surface area contributed by atoms with Crippen molar-refractivity contribution < 1.29 is 59.6 Å². The van der Waals surface area contributed by atoms with Gasteiger partial charge in [0.2, 0.25) is 11.8 Å². The Balaban J connectivity index is 0.736. The first-order chi connectivity index (χ1) is 44.1. The van der Waals surface area contributed by atoms with Gasteiger partial charge in [-0.1, -0.05) is 57.9 Å². The molecule has 0 spiro atoms. The van der Waals surface area contributed by atoms with Crippen LogP contribution in [-0.2, 0) is 53.4 Å². The molecule has 0 radical (unpaired) electrons. The SMILES string of the molecule is COCCn1c(Cc2c(F)cc(-c3cccc(OCc4ccc(-n5ccnn5)cc4Cl)n3)c(F)c2F)nc2ccc(C(=O)OC(=O)c3ccc4nc(Cc5c(F)cc(-c6cccc(OCc7ccc(-n8ccnn8)cc7Cl)n6)c(F)c5F)n(CCOC)c4c3)cc21. The van der Waals surface area contributed by atoms with Gasteiger partial charge in [-0.2, -0.15) is 0 Å². The molecule has 0 atom stereocenters. The summed E-state index contributed by atoms with van der Waals surface area (Å²) in [7, 11) is 2.87. The van der Waals surface area contributed by atoms with Crippen molar-refractivity contribution in [1.29, 1.82) is 0 Å². The first-order valence-electron chi connectivity index (χ1n) is 27.7. The smallest absolute Gasteiger partial charge is 0.346 e. The Labute approximate surface area is 521 Å². The van der Waals surface area contributed by atoms with E-state index in [1.54, 1.807) is 57.9 Å². The first-order valence-corrected chi connectivity index (χ1v) is 28.4. The van der Waals surface area contributed by atoms with Crippen LogP contribution in [0, 0.1) is 34.9 Å². The summed E-state index contributed by atoms with van der Waals surface area (Å²) in [4.78, 5) is 45.3. The van der Waals surface area contributed by atoms with Crippen molar-refractivity contribution in [3.63, 3.8) is 0 Å². The van der Waals surface area contributed by atoms with Crippen LogP contribution in [0.15, 0.2) is 146 Å². The molecule has 6 aromatic carbocycles. The molecule has 0 aliphatic carbocycles. The number of pyridine rings is 2. The molecular weight excluding hydrogens is 1230 g/mol. The van der Waals surface area contributed by atoms with Crippen molar-refractivity contribution in [2.24, 2.45) is 0 Å². The first kappa shape index (κ1) is 60.9. The van der Waals surface area contributed by atoms with Gasteiger partial charge in [0.05, 0.1) is 94.0 Å². The highest BCUT2D eigenvalue weighted by molar-refractivity contribution is 6.31. The fraction of sp³-hybridized carbons (Fsp3) is 0.156. The molecule has 19 nitrogen and oxygen atoms in total. The number of hydrogen-bond donors (Lipinski definition) is 0. The third kappa shape index (κ3) is 12.8. The molecule has 0 fully saturated rings. The predicted molar refractivity (Wildman–Crippen MR) is 319 cm³/mol. The molecule has 12 rings (SSSR count). The number of fused-ring (bicyclic) bond motifs is 2. The number of benzene rings is 6. The van der Waals surface area contributed by atoms with E-state index in [9.17, 15) is 9.59 Å². The monoisotopic (exact) mass is 1280 g/mol. The predicted octanol–water partition coefficient (Wildman–Crippen LogP) is 12.4. The van der Waals surface area contributed by atoms with Gasteiger partial charge >= 0.3 is 11.9 Å². The minimum absolute atomic E-state index is 0.0310. The van der Waals surface area contributed by atoms with Crippen molar-refractivity contribution in [3.8, 4) is 45.6 Å². The van der Waals surface area contributed by atoms with Crippen LogP contribution >= 0.6 is 23.2 Å². The number of carbonyl (C=O) groups excluding carboxylic acids is 2. The molecule has 0 aliphatic rings. The Morgan fingerprint density at radius 1 is 0.505 bits per heavy atom. The van der Waals surface area contributed by atoms with E-state index in [1.807, 2.05) is 0 Å². The maximum Gasteiger partial charge on any atom is 0.346 e. The molecule has 6 aromatic heterocycles. The Hall–Kier alpha value is -10.3. The largest absolute Gasteiger partial charge is 0.473 e. The van der Waals surface area contributed by atoms with Gasteiger partial charge in [0, 0.05) is 95.7 Å². The standard InChI is InChI=1S/C64H46Cl2F6N12O7/c1-87-23-21-81-53-25-35(11-15-51(53)75-55(81)31-41-47(67)29-43(61(71)59(41)69)49-5-3-7-57(77-49)89-33-37-9-13-39(27-45(37)65)83-19-17-73-79-83)63(85)91-64(86)36-12-16-52-54(26-36)82(22-24-88-2)56(76-52)32-42-48(68)30-44(62(72)60(42)70)50-6-4-8-58(78-50)90-34-38-10-14-40(28-46(38)66)84-20-18-74-80-84/h3-20,25-30H,21-24,31-34H2,1-2H3. The van der Waals surface area contributed by atoms with Crippen molar-refractivity contribution >= 4 is 57.2 Å². The summed E-state index contributed by atoms with van der Waals surface area (Å²) in [6, 6.07) is 29.1. The number of nitrogens with zero attached hydrogens (tertiary/aromatic N) is 12. The van der Waals surface area contributed by atoms with Crippen molar-refractivity contribution in [2.45, 2.75) is 39.1 Å². The molecule has 12 aromatic rings. The minimum atomic E-state index is -1.48. The molecular formula is C64H46Cl2F6N12O7. The summed E-state index contributed by atoms with van der Waals surface area (Å²) in [5.74, 6) is -9.82. The van der Waals surface area contributed by atoms with Crippen molar-refractivity contribution in [2.75, 3.05) is 27.4 Å². The fourth-order valence-corrected chi connectivity index (χ4v) is 10.5. The van der Waals surface area contributed by atoms with E-state index in [1.165, 1.54) is 109 Å². The van der Waals surface area contributed by atoms with E-state index in [2.05, 4.69) is 40.6 Å². The van der Waals surface area contributed by atoms with Crippen molar-refractivity contribution in [1.82, 2.24) is 59.1 Å². The van der Waals surface area contributed by atoms with Gasteiger partial charge in [0.1, 0.15) is 36.5 Å². The molecule has 0 bridgehead atoms. The molecule has 0 unspecified atom stereocenters. The van der Waals surface area contributed by atoms with Gasteiger partial charge in [-0.05, 0) is 84.9 Å². The van der Waals surface area contributed by atoms with Crippen LogP contribution in [0.1, 0.15) is 54.6 Å². The van der Waals surface area contributed by atoms with Crippen LogP contribution in [0.25, 0.3) is 56.0 Å². The Bertz CT molecular complexity index is 4450. The minimum Gasteiger partial charge on any atom is -0.473 e. The van der Waals surface area contributed by atoms with E-state index >= 15 is 26.3 Å². The molecule has 27 heteroatoms. The van der Waals surface area contributed by atoms with E-state index in [-0.39, 0.29) is 96.5 Å². The molecule has 460 valence electrons. The summed E-state index contributed by atoms with van der Waals surface area (Å²) in [6.45, 7) is 0.226. The highest BCUT2D eigenvalue weighted by Crippen LogP contribution is 2.34. The molecule has 0 saturated heterocycles. The quantitative estimate of drug-likeness (QED) is 0.0268. The van der Waals surface area contributed by atoms with Gasteiger partial charge in [-0.15, -0.1) is 10.2 Å². The second kappa shape index (κ2) is 26.4. The zero-order valence-electron chi connectivity index (χ0n) is 47.8. The lowest BCUT2D eigenvalue weighted by Crippen LogP contribution is -2.14. The summed E-state index contributed by atoms with van der Waals surface area (Å²) in [5, 5.41) is 16.2. The lowest BCUT2D eigenvalue weighted by molar-refractivity contribution is 0.0397. The Morgan fingerprint density at radius 2 is 0.945 bits per heavy atom. The average Bonchev–Trinajstić information content (AvgIpc) is 1.77. The van der Waals surface area contributed by atoms with Crippen molar-refractivity contribution in [3.05, 3.63) is 236 Å². The Kier molecular flexibility index (Phi) is 17.7. The zero-order chi connectivity index (χ0) is 63.4.